The molecule has 0 amide bonds. The van der Waals surface area contributed by atoms with Crippen molar-refractivity contribution in [2.24, 2.45) is 17.3 Å². The van der Waals surface area contributed by atoms with Crippen molar-refractivity contribution in [1.82, 2.24) is 0 Å². The SMILES string of the molecule is C=CC[C@]12C(=O)C=C(OC)C(=O)C1C(c1ccccc1)[C@H]2C. The fourth-order valence-corrected chi connectivity index (χ4v) is 4.31. The van der Waals surface area contributed by atoms with Crippen LogP contribution >= 0.6 is 0 Å². The van der Waals surface area contributed by atoms with Crippen LogP contribution in [0.4, 0.5) is 0 Å². The summed E-state index contributed by atoms with van der Waals surface area (Å²) in [5, 5.41) is 0. The maximum absolute atomic E-state index is 12.8. The lowest BCUT2D eigenvalue weighted by molar-refractivity contribution is -0.161. The quantitative estimate of drug-likeness (QED) is 0.801. The van der Waals surface area contributed by atoms with Crippen LogP contribution in [-0.2, 0) is 14.3 Å². The highest BCUT2D eigenvalue weighted by Gasteiger charge is 2.67. The number of hydrogen-bond donors (Lipinski definition) is 0. The van der Waals surface area contributed by atoms with Gasteiger partial charge in [-0.15, -0.1) is 6.58 Å². The maximum atomic E-state index is 12.8. The lowest BCUT2D eigenvalue weighted by Crippen LogP contribution is -2.63. The highest BCUT2D eigenvalue weighted by Crippen LogP contribution is 2.65. The van der Waals surface area contributed by atoms with Gasteiger partial charge in [0, 0.05) is 12.0 Å². The molecule has 0 radical (unpaired) electrons. The predicted molar refractivity (Wildman–Crippen MR) is 84.2 cm³/mol. The van der Waals surface area contributed by atoms with E-state index in [-0.39, 0.29) is 35.1 Å². The van der Waals surface area contributed by atoms with Crippen LogP contribution in [0.5, 0.6) is 0 Å². The van der Waals surface area contributed by atoms with Gasteiger partial charge >= 0.3 is 0 Å². The van der Waals surface area contributed by atoms with Crippen LogP contribution in [-0.4, -0.2) is 18.7 Å². The fourth-order valence-electron chi connectivity index (χ4n) is 4.31. The third kappa shape index (κ3) is 1.75. The number of methoxy groups -OCH3 is 1. The summed E-state index contributed by atoms with van der Waals surface area (Å²) in [4.78, 5) is 25.5. The van der Waals surface area contributed by atoms with Crippen molar-refractivity contribution in [1.29, 1.82) is 0 Å². The largest absolute Gasteiger partial charge is 0.493 e. The molecule has 0 bridgehead atoms. The monoisotopic (exact) mass is 296 g/mol. The van der Waals surface area contributed by atoms with Crippen LogP contribution in [0.3, 0.4) is 0 Å². The van der Waals surface area contributed by atoms with E-state index < -0.39 is 5.41 Å². The number of hydrogen-bond acceptors (Lipinski definition) is 3. The van der Waals surface area contributed by atoms with E-state index >= 15 is 0 Å². The van der Waals surface area contributed by atoms with E-state index in [2.05, 4.69) is 13.5 Å². The second-order valence-electron chi connectivity index (χ2n) is 6.18. The highest BCUT2D eigenvalue weighted by atomic mass is 16.5. The van der Waals surface area contributed by atoms with Gasteiger partial charge in [0.25, 0.3) is 0 Å². The molecule has 0 aliphatic heterocycles. The van der Waals surface area contributed by atoms with Gasteiger partial charge in [0.2, 0.25) is 5.78 Å². The normalized spacial score (nSPS) is 33.5. The molecule has 1 fully saturated rings. The Morgan fingerprint density at radius 3 is 2.55 bits per heavy atom. The van der Waals surface area contributed by atoms with Gasteiger partial charge in [-0.3, -0.25) is 9.59 Å². The molecule has 0 aromatic heterocycles. The van der Waals surface area contributed by atoms with Crippen molar-refractivity contribution < 1.29 is 14.3 Å². The zero-order valence-corrected chi connectivity index (χ0v) is 12.9. The summed E-state index contributed by atoms with van der Waals surface area (Å²) in [6.07, 6.45) is 3.65. The molecule has 2 unspecified atom stereocenters. The third-order valence-corrected chi connectivity index (χ3v) is 5.40. The first kappa shape index (κ1) is 14.8. The van der Waals surface area contributed by atoms with Gasteiger partial charge in [0.1, 0.15) is 0 Å². The highest BCUT2D eigenvalue weighted by molar-refractivity contribution is 6.13. The number of ketones is 2. The molecule has 0 spiro atoms. The van der Waals surface area contributed by atoms with Gasteiger partial charge in [-0.25, -0.2) is 0 Å². The number of fused-ring (bicyclic) bond motifs is 1. The summed E-state index contributed by atoms with van der Waals surface area (Å²) in [5.74, 6) is -0.0808. The van der Waals surface area contributed by atoms with Crippen LogP contribution < -0.4 is 0 Å². The van der Waals surface area contributed by atoms with E-state index in [0.717, 1.165) is 5.56 Å². The summed E-state index contributed by atoms with van der Waals surface area (Å²) in [5.41, 5.74) is 0.458. The summed E-state index contributed by atoms with van der Waals surface area (Å²) < 4.78 is 5.13. The summed E-state index contributed by atoms with van der Waals surface area (Å²) in [6, 6.07) is 9.96. The maximum Gasteiger partial charge on any atom is 0.202 e. The van der Waals surface area contributed by atoms with Gasteiger partial charge in [-0.05, 0) is 23.8 Å². The number of carbonyl (C=O) groups excluding carboxylic acids is 2. The molecular formula is C19H20O3. The first-order chi connectivity index (χ1) is 10.6. The Labute approximate surface area is 130 Å². The first-order valence-corrected chi connectivity index (χ1v) is 7.58. The Balaban J connectivity index is 2.10. The van der Waals surface area contributed by atoms with Gasteiger partial charge in [0.05, 0.1) is 12.5 Å². The second kappa shape index (κ2) is 5.24. The molecule has 4 atom stereocenters. The van der Waals surface area contributed by atoms with Crippen molar-refractivity contribution in [2.45, 2.75) is 19.3 Å². The average Bonchev–Trinajstić information content (AvgIpc) is 2.53. The Morgan fingerprint density at radius 1 is 1.27 bits per heavy atom. The molecule has 3 heteroatoms. The molecule has 3 rings (SSSR count). The molecule has 0 heterocycles. The van der Waals surface area contributed by atoms with E-state index in [4.69, 9.17) is 4.74 Å². The van der Waals surface area contributed by atoms with Crippen molar-refractivity contribution in [3.63, 3.8) is 0 Å². The summed E-state index contributed by atoms with van der Waals surface area (Å²) in [7, 11) is 1.44. The molecule has 0 saturated heterocycles. The van der Waals surface area contributed by atoms with E-state index in [9.17, 15) is 9.59 Å². The van der Waals surface area contributed by atoms with Crippen molar-refractivity contribution in [2.75, 3.05) is 7.11 Å². The molecule has 0 N–H and O–H groups in total. The standard InChI is InChI=1S/C19H20O3/c1-4-10-19-12(2)16(13-8-6-5-7-9-13)17(19)18(21)14(22-3)11-15(19)20/h4-9,11-12,16-17H,1,10H2,2-3H3/t12-,16?,17?,19+/m1/s1. The summed E-state index contributed by atoms with van der Waals surface area (Å²) >= 11 is 0. The van der Waals surface area contributed by atoms with Gasteiger partial charge in [-0.2, -0.15) is 0 Å². The van der Waals surface area contributed by atoms with Crippen LogP contribution in [0.15, 0.2) is 54.8 Å². The van der Waals surface area contributed by atoms with Gasteiger partial charge in [-0.1, -0.05) is 43.3 Å². The molecule has 2 aliphatic rings. The zero-order valence-electron chi connectivity index (χ0n) is 12.9. The first-order valence-electron chi connectivity index (χ1n) is 7.58. The van der Waals surface area contributed by atoms with Crippen LogP contribution in [0.25, 0.3) is 0 Å². The van der Waals surface area contributed by atoms with Crippen LogP contribution in [0.1, 0.15) is 24.8 Å². The van der Waals surface area contributed by atoms with Gasteiger partial charge < -0.3 is 4.74 Å². The number of ether oxygens (including phenoxy) is 1. The Morgan fingerprint density at radius 2 is 1.95 bits per heavy atom. The zero-order chi connectivity index (χ0) is 15.9. The molecule has 1 saturated carbocycles. The lowest BCUT2D eigenvalue weighted by atomic mass is 9.41. The number of rotatable bonds is 4. The predicted octanol–water partition coefficient (Wildman–Crippen LogP) is 3.28. The van der Waals surface area contributed by atoms with Crippen LogP contribution in [0.2, 0.25) is 0 Å². The molecule has 2 aliphatic carbocycles. The van der Waals surface area contributed by atoms with Crippen LogP contribution in [0, 0.1) is 17.3 Å². The topological polar surface area (TPSA) is 43.4 Å². The second-order valence-corrected chi connectivity index (χ2v) is 6.18. The minimum Gasteiger partial charge on any atom is -0.493 e. The fraction of sp³-hybridized carbons (Fsp3) is 0.368. The van der Waals surface area contributed by atoms with Gasteiger partial charge in [0.15, 0.2) is 11.5 Å². The molecule has 3 nitrogen and oxygen atoms in total. The van der Waals surface area contributed by atoms with E-state index in [1.54, 1.807) is 6.08 Å². The Hall–Kier alpha value is -2.16. The number of benzene rings is 1. The molecule has 22 heavy (non-hydrogen) atoms. The molecule has 1 aromatic carbocycles. The molecule has 114 valence electrons. The smallest absolute Gasteiger partial charge is 0.202 e. The Bertz CT molecular complexity index is 659. The third-order valence-electron chi connectivity index (χ3n) is 5.40. The number of allylic oxidation sites excluding steroid dienone is 3. The minimum absolute atomic E-state index is 0.00599. The molecular weight excluding hydrogens is 276 g/mol. The average molecular weight is 296 g/mol. The number of Topliss-reactive ketones (excluding diaryl/α,β-unsaturated/α-hetero) is 1. The van der Waals surface area contributed by atoms with Crippen molar-refractivity contribution in [3.8, 4) is 0 Å². The van der Waals surface area contributed by atoms with E-state index in [1.807, 2.05) is 30.3 Å². The van der Waals surface area contributed by atoms with Crippen molar-refractivity contribution in [3.05, 3.63) is 60.4 Å². The lowest BCUT2D eigenvalue weighted by Gasteiger charge is -2.59. The van der Waals surface area contributed by atoms with E-state index in [1.165, 1.54) is 13.2 Å². The minimum atomic E-state index is -0.651. The number of carbonyl (C=O) groups is 2. The Kier molecular flexibility index (Phi) is 3.51. The van der Waals surface area contributed by atoms with E-state index in [0.29, 0.717) is 6.42 Å². The van der Waals surface area contributed by atoms with Crippen molar-refractivity contribution >= 4 is 11.6 Å². The molecule has 1 aromatic rings. The summed E-state index contributed by atoms with van der Waals surface area (Å²) in [6.45, 7) is 5.85.